The summed E-state index contributed by atoms with van der Waals surface area (Å²) in [7, 11) is 0. The van der Waals surface area contributed by atoms with Crippen molar-refractivity contribution < 1.29 is 13.9 Å². The van der Waals surface area contributed by atoms with Gasteiger partial charge in [-0.3, -0.25) is 4.90 Å². The summed E-state index contributed by atoms with van der Waals surface area (Å²) >= 11 is 0. The Bertz CT molecular complexity index is 733. The highest BCUT2D eigenvalue weighted by atomic mass is 19.1. The predicted octanol–water partition coefficient (Wildman–Crippen LogP) is 4.34. The van der Waals surface area contributed by atoms with Crippen LogP contribution in [0.3, 0.4) is 0 Å². The van der Waals surface area contributed by atoms with Crippen LogP contribution in [-0.2, 0) is 0 Å². The van der Waals surface area contributed by atoms with Crippen LogP contribution in [0.4, 0.5) is 20.6 Å². The van der Waals surface area contributed by atoms with Crippen LogP contribution >= 0.6 is 0 Å². The number of hydrogen-bond donors (Lipinski definition) is 1. The average molecular weight is 314 g/mol. The largest absolute Gasteiger partial charge is 0.486 e. The molecule has 0 bridgehead atoms. The summed E-state index contributed by atoms with van der Waals surface area (Å²) in [5.74, 6) is 0.225. The highest BCUT2D eigenvalue weighted by Crippen LogP contribution is 2.35. The molecule has 4 nitrogen and oxygen atoms in total. The van der Waals surface area contributed by atoms with Crippen molar-refractivity contribution in [2.24, 2.45) is 0 Å². The van der Waals surface area contributed by atoms with Crippen LogP contribution in [0.2, 0.25) is 0 Å². The second-order valence-corrected chi connectivity index (χ2v) is 5.64. The third-order valence-corrected chi connectivity index (χ3v) is 3.90. The van der Waals surface area contributed by atoms with E-state index in [4.69, 9.17) is 4.74 Å². The lowest BCUT2D eigenvalue weighted by atomic mass is 10.1. The second-order valence-electron chi connectivity index (χ2n) is 5.64. The minimum atomic E-state index is -0.453. The summed E-state index contributed by atoms with van der Waals surface area (Å²) < 4.78 is 19.7. The standard InChI is InChI=1S/C18H19FN2O2/c1-3-13-11-21(16-10-12(2)8-9-17(16)23-13)18(22)20-15-7-5-4-6-14(15)19/h4-10,13H,3,11H2,1-2H3,(H,20,22)/t13-/m0/s1. The van der Waals surface area contributed by atoms with Gasteiger partial charge in [0.05, 0.1) is 17.9 Å². The van der Waals surface area contributed by atoms with E-state index in [-0.39, 0.29) is 17.8 Å². The fourth-order valence-electron chi connectivity index (χ4n) is 2.61. The summed E-state index contributed by atoms with van der Waals surface area (Å²) in [6.07, 6.45) is 0.716. The molecule has 23 heavy (non-hydrogen) atoms. The number of anilines is 2. The van der Waals surface area contributed by atoms with E-state index in [0.29, 0.717) is 18.0 Å². The minimum absolute atomic E-state index is 0.0726. The number of halogens is 1. The van der Waals surface area contributed by atoms with E-state index >= 15 is 0 Å². The van der Waals surface area contributed by atoms with Gasteiger partial charge in [-0.1, -0.05) is 25.1 Å². The Morgan fingerprint density at radius 1 is 1.35 bits per heavy atom. The maximum absolute atomic E-state index is 13.8. The number of urea groups is 1. The number of aryl methyl sites for hydroxylation is 1. The lowest BCUT2D eigenvalue weighted by Gasteiger charge is -2.34. The number of carbonyl (C=O) groups is 1. The van der Waals surface area contributed by atoms with Gasteiger partial charge in [-0.2, -0.15) is 0 Å². The van der Waals surface area contributed by atoms with Gasteiger partial charge in [-0.15, -0.1) is 0 Å². The number of ether oxygens (including phenoxy) is 1. The zero-order chi connectivity index (χ0) is 16.4. The lowest BCUT2D eigenvalue weighted by molar-refractivity contribution is 0.188. The van der Waals surface area contributed by atoms with Crippen molar-refractivity contribution in [3.63, 3.8) is 0 Å². The van der Waals surface area contributed by atoms with E-state index in [2.05, 4.69) is 5.32 Å². The molecular weight excluding hydrogens is 295 g/mol. The summed E-state index contributed by atoms with van der Waals surface area (Å²) in [5.41, 5.74) is 1.92. The van der Waals surface area contributed by atoms with E-state index in [0.717, 1.165) is 12.0 Å². The molecule has 2 aromatic rings. The normalized spacial score (nSPS) is 16.5. The Balaban J connectivity index is 1.90. The molecule has 120 valence electrons. The zero-order valence-electron chi connectivity index (χ0n) is 13.2. The van der Waals surface area contributed by atoms with Crippen LogP contribution in [0.25, 0.3) is 0 Å². The van der Waals surface area contributed by atoms with E-state index in [1.807, 2.05) is 32.0 Å². The highest BCUT2D eigenvalue weighted by Gasteiger charge is 2.29. The molecule has 0 unspecified atom stereocenters. The molecule has 5 heteroatoms. The van der Waals surface area contributed by atoms with Gasteiger partial charge < -0.3 is 10.1 Å². The molecule has 2 amide bonds. The Labute approximate surface area is 134 Å². The summed E-state index contributed by atoms with van der Waals surface area (Å²) in [4.78, 5) is 14.3. The van der Waals surface area contributed by atoms with Crippen molar-refractivity contribution in [3.05, 3.63) is 53.8 Å². The summed E-state index contributed by atoms with van der Waals surface area (Å²) in [6, 6.07) is 11.5. The number of amides is 2. The number of para-hydroxylation sites is 1. The van der Waals surface area contributed by atoms with Gasteiger partial charge in [0.15, 0.2) is 0 Å². The van der Waals surface area contributed by atoms with Gasteiger partial charge in [-0.05, 0) is 43.2 Å². The molecule has 0 saturated heterocycles. The predicted molar refractivity (Wildman–Crippen MR) is 88.7 cm³/mol. The highest BCUT2D eigenvalue weighted by molar-refractivity contribution is 6.03. The van der Waals surface area contributed by atoms with Gasteiger partial charge in [-0.25, -0.2) is 9.18 Å². The molecule has 0 radical (unpaired) electrons. The van der Waals surface area contributed by atoms with E-state index < -0.39 is 5.82 Å². The van der Waals surface area contributed by atoms with Gasteiger partial charge in [0, 0.05) is 0 Å². The van der Waals surface area contributed by atoms with Crippen LogP contribution in [0.15, 0.2) is 42.5 Å². The number of rotatable bonds is 2. The molecule has 0 spiro atoms. The van der Waals surface area contributed by atoms with Crippen molar-refractivity contribution in [3.8, 4) is 5.75 Å². The fraction of sp³-hybridized carbons (Fsp3) is 0.278. The monoisotopic (exact) mass is 314 g/mol. The maximum Gasteiger partial charge on any atom is 0.326 e. The van der Waals surface area contributed by atoms with Crippen LogP contribution < -0.4 is 15.0 Å². The van der Waals surface area contributed by atoms with Crippen LogP contribution in [0, 0.1) is 12.7 Å². The quantitative estimate of drug-likeness (QED) is 0.895. The van der Waals surface area contributed by atoms with Gasteiger partial charge in [0.1, 0.15) is 17.7 Å². The fourth-order valence-corrected chi connectivity index (χ4v) is 2.61. The zero-order valence-corrected chi connectivity index (χ0v) is 13.2. The van der Waals surface area contributed by atoms with E-state index in [9.17, 15) is 9.18 Å². The lowest BCUT2D eigenvalue weighted by Crippen LogP contribution is -2.45. The molecule has 0 aliphatic carbocycles. The molecule has 0 saturated carbocycles. The smallest absolute Gasteiger partial charge is 0.326 e. The number of benzene rings is 2. The minimum Gasteiger partial charge on any atom is -0.486 e. The molecule has 0 aromatic heterocycles. The van der Waals surface area contributed by atoms with Crippen molar-refractivity contribution in [1.82, 2.24) is 0 Å². The van der Waals surface area contributed by atoms with Gasteiger partial charge in [0.25, 0.3) is 0 Å². The molecule has 1 aliphatic rings. The molecule has 1 atom stereocenters. The third-order valence-electron chi connectivity index (χ3n) is 3.90. The summed E-state index contributed by atoms with van der Waals surface area (Å²) in [6.45, 7) is 4.41. The molecular formula is C18H19FN2O2. The van der Waals surface area contributed by atoms with Crippen molar-refractivity contribution in [1.29, 1.82) is 0 Å². The first-order valence-electron chi connectivity index (χ1n) is 7.69. The number of hydrogen-bond acceptors (Lipinski definition) is 2. The second kappa shape index (κ2) is 6.28. The average Bonchev–Trinajstić information content (AvgIpc) is 2.56. The number of nitrogens with one attached hydrogen (secondary N) is 1. The SMILES string of the molecule is CC[C@H]1CN(C(=O)Nc2ccccc2F)c2cc(C)ccc2O1. The van der Waals surface area contributed by atoms with Crippen molar-refractivity contribution in [2.45, 2.75) is 26.4 Å². The first-order chi connectivity index (χ1) is 11.1. The molecule has 2 aromatic carbocycles. The van der Waals surface area contributed by atoms with Gasteiger partial charge in [0.2, 0.25) is 0 Å². The Morgan fingerprint density at radius 2 is 2.13 bits per heavy atom. The number of nitrogens with zero attached hydrogens (tertiary/aromatic N) is 1. The van der Waals surface area contributed by atoms with Crippen LogP contribution in [0.1, 0.15) is 18.9 Å². The maximum atomic E-state index is 13.8. The first-order valence-corrected chi connectivity index (χ1v) is 7.69. The Hall–Kier alpha value is -2.56. The molecule has 1 N–H and O–H groups in total. The van der Waals surface area contributed by atoms with E-state index in [1.54, 1.807) is 23.1 Å². The Morgan fingerprint density at radius 3 is 2.87 bits per heavy atom. The third kappa shape index (κ3) is 3.13. The molecule has 1 heterocycles. The number of carbonyl (C=O) groups excluding carboxylic acids is 1. The van der Waals surface area contributed by atoms with E-state index in [1.165, 1.54) is 6.07 Å². The molecule has 3 rings (SSSR count). The first kappa shape index (κ1) is 15.3. The molecule has 1 aliphatic heterocycles. The number of fused-ring (bicyclic) bond motifs is 1. The van der Waals surface area contributed by atoms with Crippen molar-refractivity contribution >= 4 is 17.4 Å². The Kier molecular flexibility index (Phi) is 4.19. The van der Waals surface area contributed by atoms with Gasteiger partial charge >= 0.3 is 6.03 Å². The molecule has 0 fully saturated rings. The topological polar surface area (TPSA) is 41.6 Å². The summed E-state index contributed by atoms with van der Waals surface area (Å²) in [5, 5.41) is 2.64. The van der Waals surface area contributed by atoms with Crippen molar-refractivity contribution in [2.75, 3.05) is 16.8 Å². The van der Waals surface area contributed by atoms with Crippen LogP contribution in [0.5, 0.6) is 5.75 Å². The van der Waals surface area contributed by atoms with Crippen LogP contribution in [-0.4, -0.2) is 18.7 Å².